The molecule has 1 rings (SSSR count). The standard InChI is InChI=1S/C12H26N2S/c1-15-9-5-8-12(10-13)14-11-6-3-2-4-7-11/h11-12,14H,2-10,13H2,1H3. The molecule has 1 unspecified atom stereocenters. The Balaban J connectivity index is 2.13. The Morgan fingerprint density at radius 1 is 1.33 bits per heavy atom. The van der Waals surface area contributed by atoms with E-state index in [0.717, 1.165) is 12.6 Å². The van der Waals surface area contributed by atoms with Crippen LogP contribution in [0.1, 0.15) is 44.9 Å². The lowest BCUT2D eigenvalue weighted by atomic mass is 9.94. The van der Waals surface area contributed by atoms with Gasteiger partial charge in [0.25, 0.3) is 0 Å². The molecule has 0 aromatic heterocycles. The number of thioether (sulfide) groups is 1. The molecule has 0 amide bonds. The Labute approximate surface area is 98.8 Å². The molecule has 3 N–H and O–H groups in total. The van der Waals surface area contributed by atoms with E-state index in [0.29, 0.717) is 6.04 Å². The van der Waals surface area contributed by atoms with Gasteiger partial charge in [0.1, 0.15) is 0 Å². The molecule has 90 valence electrons. The largest absolute Gasteiger partial charge is 0.329 e. The molecule has 1 fully saturated rings. The average Bonchev–Trinajstić information content (AvgIpc) is 2.29. The topological polar surface area (TPSA) is 38.0 Å². The monoisotopic (exact) mass is 230 g/mol. The summed E-state index contributed by atoms with van der Waals surface area (Å²) in [5, 5.41) is 3.73. The van der Waals surface area contributed by atoms with Gasteiger partial charge in [-0.1, -0.05) is 19.3 Å². The maximum Gasteiger partial charge on any atom is 0.0193 e. The summed E-state index contributed by atoms with van der Waals surface area (Å²) in [7, 11) is 0. The summed E-state index contributed by atoms with van der Waals surface area (Å²) in [6.07, 6.45) is 11.7. The van der Waals surface area contributed by atoms with Gasteiger partial charge in [-0.25, -0.2) is 0 Å². The van der Waals surface area contributed by atoms with Crippen LogP contribution in [-0.4, -0.2) is 30.6 Å². The first-order chi connectivity index (χ1) is 7.36. The first-order valence-corrected chi connectivity index (χ1v) is 7.71. The zero-order chi connectivity index (χ0) is 10.9. The van der Waals surface area contributed by atoms with Crippen LogP contribution in [0.25, 0.3) is 0 Å². The molecule has 15 heavy (non-hydrogen) atoms. The van der Waals surface area contributed by atoms with Crippen molar-refractivity contribution in [3.8, 4) is 0 Å². The van der Waals surface area contributed by atoms with Crippen LogP contribution in [0.5, 0.6) is 0 Å². The molecule has 0 aromatic rings. The predicted molar refractivity (Wildman–Crippen MR) is 70.5 cm³/mol. The molecule has 1 aliphatic carbocycles. The first kappa shape index (κ1) is 13.3. The lowest BCUT2D eigenvalue weighted by molar-refractivity contribution is 0.329. The number of hydrogen-bond donors (Lipinski definition) is 2. The minimum Gasteiger partial charge on any atom is -0.329 e. The maximum absolute atomic E-state index is 5.80. The van der Waals surface area contributed by atoms with Crippen LogP contribution in [0.4, 0.5) is 0 Å². The fraction of sp³-hybridized carbons (Fsp3) is 1.00. The van der Waals surface area contributed by atoms with Gasteiger partial charge >= 0.3 is 0 Å². The number of nitrogens with one attached hydrogen (secondary N) is 1. The molecule has 0 heterocycles. The summed E-state index contributed by atoms with van der Waals surface area (Å²) in [5.41, 5.74) is 5.80. The van der Waals surface area contributed by atoms with Crippen molar-refractivity contribution in [3.63, 3.8) is 0 Å². The molecule has 0 spiro atoms. The van der Waals surface area contributed by atoms with Crippen molar-refractivity contribution < 1.29 is 0 Å². The van der Waals surface area contributed by atoms with Crippen LogP contribution >= 0.6 is 11.8 Å². The van der Waals surface area contributed by atoms with Crippen molar-refractivity contribution in [2.45, 2.75) is 57.0 Å². The van der Waals surface area contributed by atoms with Gasteiger partial charge in [-0.15, -0.1) is 0 Å². The SMILES string of the molecule is CSCCCC(CN)NC1CCCCC1. The minimum absolute atomic E-state index is 0.556. The van der Waals surface area contributed by atoms with Crippen LogP contribution in [0.3, 0.4) is 0 Å². The predicted octanol–water partition coefficient (Wildman–Crippen LogP) is 2.38. The van der Waals surface area contributed by atoms with Crippen molar-refractivity contribution >= 4 is 11.8 Å². The minimum atomic E-state index is 0.556. The molecule has 3 heteroatoms. The van der Waals surface area contributed by atoms with Gasteiger partial charge in [0, 0.05) is 18.6 Å². The summed E-state index contributed by atoms with van der Waals surface area (Å²) in [5.74, 6) is 1.27. The van der Waals surface area contributed by atoms with Gasteiger partial charge in [0.2, 0.25) is 0 Å². The fourth-order valence-electron chi connectivity index (χ4n) is 2.35. The highest BCUT2D eigenvalue weighted by Crippen LogP contribution is 2.18. The summed E-state index contributed by atoms with van der Waals surface area (Å²) in [6.45, 7) is 0.797. The number of rotatable bonds is 7. The van der Waals surface area contributed by atoms with E-state index in [1.807, 2.05) is 11.8 Å². The Morgan fingerprint density at radius 3 is 2.67 bits per heavy atom. The maximum atomic E-state index is 5.80. The summed E-state index contributed by atoms with van der Waals surface area (Å²) in [4.78, 5) is 0. The van der Waals surface area contributed by atoms with E-state index in [4.69, 9.17) is 5.73 Å². The molecule has 0 saturated heterocycles. The third-order valence-corrected chi connectivity index (χ3v) is 3.96. The molecular weight excluding hydrogens is 204 g/mol. The molecule has 0 aromatic carbocycles. The van der Waals surface area contributed by atoms with Gasteiger partial charge in [-0.05, 0) is 37.7 Å². The zero-order valence-corrected chi connectivity index (χ0v) is 10.8. The van der Waals surface area contributed by atoms with Gasteiger partial charge in [-0.3, -0.25) is 0 Å². The Morgan fingerprint density at radius 2 is 2.07 bits per heavy atom. The summed E-state index contributed by atoms with van der Waals surface area (Å²) < 4.78 is 0. The summed E-state index contributed by atoms with van der Waals surface area (Å²) >= 11 is 1.93. The smallest absolute Gasteiger partial charge is 0.0193 e. The molecule has 2 nitrogen and oxygen atoms in total. The Kier molecular flexibility index (Phi) is 7.49. The van der Waals surface area contributed by atoms with E-state index in [2.05, 4.69) is 11.6 Å². The third-order valence-electron chi connectivity index (χ3n) is 3.26. The number of nitrogens with two attached hydrogens (primary N) is 1. The fourth-order valence-corrected chi connectivity index (χ4v) is 2.80. The van der Waals surface area contributed by atoms with Crippen molar-refractivity contribution in [1.82, 2.24) is 5.32 Å². The molecule has 0 bridgehead atoms. The van der Waals surface area contributed by atoms with Crippen LogP contribution in [0.15, 0.2) is 0 Å². The molecular formula is C12H26N2S. The Bertz CT molecular complexity index is 147. The van der Waals surface area contributed by atoms with E-state index in [9.17, 15) is 0 Å². The Hall–Kier alpha value is 0.270. The molecule has 0 radical (unpaired) electrons. The van der Waals surface area contributed by atoms with Crippen LogP contribution < -0.4 is 11.1 Å². The zero-order valence-electron chi connectivity index (χ0n) is 10.0. The highest BCUT2D eigenvalue weighted by Gasteiger charge is 2.16. The molecule has 1 aliphatic rings. The van der Waals surface area contributed by atoms with E-state index in [1.54, 1.807) is 0 Å². The van der Waals surface area contributed by atoms with Gasteiger partial charge in [0.05, 0.1) is 0 Å². The van der Waals surface area contributed by atoms with E-state index >= 15 is 0 Å². The van der Waals surface area contributed by atoms with Crippen molar-refractivity contribution in [2.75, 3.05) is 18.6 Å². The molecule has 0 aliphatic heterocycles. The summed E-state index contributed by atoms with van der Waals surface area (Å²) in [6, 6.07) is 1.31. The molecule has 1 saturated carbocycles. The van der Waals surface area contributed by atoms with Crippen LogP contribution in [0.2, 0.25) is 0 Å². The quantitative estimate of drug-likeness (QED) is 0.660. The van der Waals surface area contributed by atoms with Gasteiger partial charge < -0.3 is 11.1 Å². The van der Waals surface area contributed by atoms with Gasteiger partial charge in [0.15, 0.2) is 0 Å². The lowest BCUT2D eigenvalue weighted by Gasteiger charge is -2.27. The van der Waals surface area contributed by atoms with E-state index in [1.165, 1.54) is 50.7 Å². The van der Waals surface area contributed by atoms with Gasteiger partial charge in [-0.2, -0.15) is 11.8 Å². The van der Waals surface area contributed by atoms with Crippen molar-refractivity contribution in [1.29, 1.82) is 0 Å². The normalized spacial score (nSPS) is 20.4. The lowest BCUT2D eigenvalue weighted by Crippen LogP contribution is -2.43. The van der Waals surface area contributed by atoms with Crippen LogP contribution in [-0.2, 0) is 0 Å². The second-order valence-electron chi connectivity index (χ2n) is 4.57. The molecule has 1 atom stereocenters. The van der Waals surface area contributed by atoms with Crippen molar-refractivity contribution in [3.05, 3.63) is 0 Å². The first-order valence-electron chi connectivity index (χ1n) is 6.32. The van der Waals surface area contributed by atoms with E-state index < -0.39 is 0 Å². The van der Waals surface area contributed by atoms with Crippen LogP contribution in [0, 0.1) is 0 Å². The second-order valence-corrected chi connectivity index (χ2v) is 5.55. The highest BCUT2D eigenvalue weighted by molar-refractivity contribution is 7.98. The number of hydrogen-bond acceptors (Lipinski definition) is 3. The van der Waals surface area contributed by atoms with Crippen molar-refractivity contribution in [2.24, 2.45) is 5.73 Å². The van der Waals surface area contributed by atoms with E-state index in [-0.39, 0.29) is 0 Å². The second kappa shape index (κ2) is 8.43. The third kappa shape index (κ3) is 5.79. The highest BCUT2D eigenvalue weighted by atomic mass is 32.2. The average molecular weight is 230 g/mol.